The molecule has 2 N–H and O–H groups in total. The van der Waals surface area contributed by atoms with Gasteiger partial charge in [0.1, 0.15) is 0 Å². The fraction of sp³-hybridized carbons (Fsp3) is 0.600. The van der Waals surface area contributed by atoms with Crippen LogP contribution in [0.4, 0.5) is 0 Å². The van der Waals surface area contributed by atoms with Crippen molar-refractivity contribution in [2.45, 2.75) is 6.10 Å². The third-order valence-electron chi connectivity index (χ3n) is 2.70. The molecule has 18 heavy (non-hydrogen) atoms. The highest BCUT2D eigenvalue weighted by molar-refractivity contribution is 7.87. The molecule has 1 atom stereocenters. The second-order valence-corrected chi connectivity index (χ2v) is 6.47. The van der Waals surface area contributed by atoms with Gasteiger partial charge in [0.25, 0.3) is 10.2 Å². The molecular formula is C10H16N2O4S2. The number of hydrogen-bond donors (Lipinski definition) is 2. The summed E-state index contributed by atoms with van der Waals surface area (Å²) in [4.78, 5) is 0. The summed E-state index contributed by atoms with van der Waals surface area (Å²) in [5.74, 6) is 0. The van der Waals surface area contributed by atoms with Crippen LogP contribution in [-0.4, -0.2) is 50.7 Å². The summed E-state index contributed by atoms with van der Waals surface area (Å²) < 4.78 is 32.7. The normalized spacial score (nSPS) is 19.8. The molecule has 2 heterocycles. The molecule has 1 aromatic rings. The summed E-state index contributed by atoms with van der Waals surface area (Å²) in [7, 11) is -3.52. The number of nitrogens with zero attached hydrogens (tertiary/aromatic N) is 1. The van der Waals surface area contributed by atoms with Crippen LogP contribution < -0.4 is 4.72 Å². The van der Waals surface area contributed by atoms with Crippen LogP contribution in [0.1, 0.15) is 11.7 Å². The van der Waals surface area contributed by atoms with Crippen LogP contribution in [-0.2, 0) is 14.9 Å². The van der Waals surface area contributed by atoms with Gasteiger partial charge in [-0.25, -0.2) is 0 Å². The number of thiophene rings is 1. The summed E-state index contributed by atoms with van der Waals surface area (Å²) >= 11 is 1.47. The van der Waals surface area contributed by atoms with Gasteiger partial charge >= 0.3 is 0 Å². The molecule has 102 valence electrons. The first-order valence-electron chi connectivity index (χ1n) is 5.62. The van der Waals surface area contributed by atoms with E-state index in [2.05, 4.69) is 4.72 Å². The zero-order chi connectivity index (χ0) is 13.0. The number of ether oxygens (including phenoxy) is 1. The minimum absolute atomic E-state index is 0.0174. The Bertz CT molecular complexity index is 454. The molecule has 1 fully saturated rings. The van der Waals surface area contributed by atoms with E-state index >= 15 is 0 Å². The van der Waals surface area contributed by atoms with Crippen molar-refractivity contribution in [3.05, 3.63) is 22.4 Å². The van der Waals surface area contributed by atoms with Crippen LogP contribution in [0.2, 0.25) is 0 Å². The molecule has 6 nitrogen and oxygen atoms in total. The van der Waals surface area contributed by atoms with Gasteiger partial charge in [-0.2, -0.15) is 28.8 Å². The fourth-order valence-electron chi connectivity index (χ4n) is 1.64. The Labute approximate surface area is 110 Å². The number of hydrogen-bond acceptors (Lipinski definition) is 5. The lowest BCUT2D eigenvalue weighted by Gasteiger charge is -2.26. The van der Waals surface area contributed by atoms with E-state index in [9.17, 15) is 13.5 Å². The van der Waals surface area contributed by atoms with E-state index in [-0.39, 0.29) is 6.54 Å². The van der Waals surface area contributed by atoms with Crippen molar-refractivity contribution < 1.29 is 18.3 Å². The molecule has 0 amide bonds. The van der Waals surface area contributed by atoms with Crippen LogP contribution in [0.25, 0.3) is 0 Å². The largest absolute Gasteiger partial charge is 0.387 e. The summed E-state index contributed by atoms with van der Waals surface area (Å²) in [6, 6.07) is 1.78. The van der Waals surface area contributed by atoms with Gasteiger partial charge in [0.15, 0.2) is 0 Å². The van der Waals surface area contributed by atoms with Gasteiger partial charge in [-0.15, -0.1) is 0 Å². The van der Waals surface area contributed by atoms with E-state index in [0.717, 1.165) is 5.56 Å². The van der Waals surface area contributed by atoms with Crippen molar-refractivity contribution in [2.24, 2.45) is 0 Å². The van der Waals surface area contributed by atoms with Gasteiger partial charge in [-0.3, -0.25) is 0 Å². The molecule has 1 aliphatic heterocycles. The summed E-state index contributed by atoms with van der Waals surface area (Å²) in [6.07, 6.45) is -0.813. The quantitative estimate of drug-likeness (QED) is 0.797. The lowest BCUT2D eigenvalue weighted by Crippen LogP contribution is -2.47. The van der Waals surface area contributed by atoms with Crippen molar-refractivity contribution in [2.75, 3.05) is 32.8 Å². The number of morpholine rings is 1. The highest BCUT2D eigenvalue weighted by Gasteiger charge is 2.24. The van der Waals surface area contributed by atoms with Crippen molar-refractivity contribution >= 4 is 21.5 Å². The molecule has 1 aliphatic rings. The maximum atomic E-state index is 11.9. The van der Waals surface area contributed by atoms with Crippen LogP contribution >= 0.6 is 11.3 Å². The minimum atomic E-state index is -3.52. The molecule has 8 heteroatoms. The molecule has 0 spiro atoms. The highest BCUT2D eigenvalue weighted by Crippen LogP contribution is 2.15. The maximum absolute atomic E-state index is 11.9. The first kappa shape index (κ1) is 13.9. The predicted octanol–water partition coefficient (Wildman–Crippen LogP) is -0.0519. The Kier molecular flexibility index (Phi) is 4.71. The lowest BCUT2D eigenvalue weighted by atomic mass is 10.2. The van der Waals surface area contributed by atoms with Crippen molar-refractivity contribution in [1.82, 2.24) is 9.03 Å². The van der Waals surface area contributed by atoms with Crippen LogP contribution in [0.3, 0.4) is 0 Å². The van der Waals surface area contributed by atoms with Crippen LogP contribution in [0.15, 0.2) is 16.8 Å². The van der Waals surface area contributed by atoms with Gasteiger partial charge in [-0.1, -0.05) is 0 Å². The Hall–Kier alpha value is -0.510. The maximum Gasteiger partial charge on any atom is 0.279 e. The molecule has 0 saturated carbocycles. The zero-order valence-electron chi connectivity index (χ0n) is 9.78. The summed E-state index contributed by atoms with van der Waals surface area (Å²) in [6.45, 7) is 1.51. The van der Waals surface area contributed by atoms with Crippen LogP contribution in [0, 0.1) is 0 Å². The van der Waals surface area contributed by atoms with Gasteiger partial charge in [0.2, 0.25) is 0 Å². The van der Waals surface area contributed by atoms with E-state index in [1.54, 1.807) is 11.4 Å². The molecule has 0 aliphatic carbocycles. The second kappa shape index (κ2) is 6.09. The molecule has 0 radical (unpaired) electrons. The van der Waals surface area contributed by atoms with E-state index < -0.39 is 16.3 Å². The molecule has 0 bridgehead atoms. The first-order valence-corrected chi connectivity index (χ1v) is 8.00. The monoisotopic (exact) mass is 292 g/mol. The highest BCUT2D eigenvalue weighted by atomic mass is 32.2. The number of aliphatic hydroxyl groups excluding tert-OH is 1. The van der Waals surface area contributed by atoms with Crippen molar-refractivity contribution in [1.29, 1.82) is 0 Å². The minimum Gasteiger partial charge on any atom is -0.387 e. The standard InChI is InChI=1S/C10H16N2O4S2/c13-10(9-1-6-17-8-9)7-11-18(14,15)12-2-4-16-5-3-12/h1,6,8,10-11,13H,2-5,7H2. The van der Waals surface area contributed by atoms with Crippen molar-refractivity contribution in [3.63, 3.8) is 0 Å². The fourth-order valence-corrected chi connectivity index (χ4v) is 3.53. The average Bonchev–Trinajstić information content (AvgIpc) is 2.91. The van der Waals surface area contributed by atoms with Gasteiger partial charge in [0.05, 0.1) is 19.3 Å². The molecule has 2 rings (SSSR count). The van der Waals surface area contributed by atoms with Crippen LogP contribution in [0.5, 0.6) is 0 Å². The molecular weight excluding hydrogens is 276 g/mol. The molecule has 1 unspecified atom stereocenters. The molecule has 1 aromatic heterocycles. The van der Waals surface area contributed by atoms with E-state index in [4.69, 9.17) is 4.74 Å². The molecule has 0 aromatic carbocycles. The van der Waals surface area contributed by atoms with Crippen molar-refractivity contribution in [3.8, 4) is 0 Å². The van der Waals surface area contributed by atoms with Gasteiger partial charge in [0, 0.05) is 19.6 Å². The summed E-state index contributed by atoms with van der Waals surface area (Å²) in [5, 5.41) is 13.4. The topological polar surface area (TPSA) is 78.9 Å². The number of aliphatic hydroxyl groups is 1. The third kappa shape index (κ3) is 3.50. The Morgan fingerprint density at radius 2 is 2.22 bits per heavy atom. The Morgan fingerprint density at radius 3 is 2.83 bits per heavy atom. The van der Waals surface area contributed by atoms with Gasteiger partial charge < -0.3 is 9.84 Å². The van der Waals surface area contributed by atoms with Gasteiger partial charge in [-0.05, 0) is 22.4 Å². The Balaban J connectivity index is 1.88. The SMILES string of the molecule is O=S(=O)(NCC(O)c1ccsc1)N1CCOCC1. The zero-order valence-corrected chi connectivity index (χ0v) is 11.4. The smallest absolute Gasteiger partial charge is 0.279 e. The van der Waals surface area contributed by atoms with E-state index in [1.807, 2.05) is 5.38 Å². The second-order valence-electron chi connectivity index (χ2n) is 3.94. The number of rotatable bonds is 5. The lowest BCUT2D eigenvalue weighted by molar-refractivity contribution is 0.0722. The average molecular weight is 292 g/mol. The van der Waals surface area contributed by atoms with E-state index in [0.29, 0.717) is 26.3 Å². The summed E-state index contributed by atoms with van der Waals surface area (Å²) in [5.41, 5.74) is 0.727. The predicted molar refractivity (Wildman–Crippen MR) is 68.6 cm³/mol. The first-order chi connectivity index (χ1) is 8.59. The molecule has 1 saturated heterocycles. The number of nitrogens with one attached hydrogen (secondary N) is 1. The van der Waals surface area contributed by atoms with E-state index in [1.165, 1.54) is 15.6 Å². The third-order valence-corrected chi connectivity index (χ3v) is 4.97. The Morgan fingerprint density at radius 1 is 1.50 bits per heavy atom.